The highest BCUT2D eigenvalue weighted by Crippen LogP contribution is 2.24. The van der Waals surface area contributed by atoms with Crippen LogP contribution in [0, 0.1) is 0 Å². The first-order valence-electron chi connectivity index (χ1n) is 9.48. The molecule has 3 aromatic rings. The third-order valence-corrected chi connectivity index (χ3v) is 5.94. The van der Waals surface area contributed by atoms with E-state index in [0.717, 1.165) is 11.8 Å². The van der Waals surface area contributed by atoms with Crippen molar-refractivity contribution < 1.29 is 17.6 Å². The molecular weight excluding hydrogens is 424 g/mol. The van der Waals surface area contributed by atoms with E-state index in [-0.39, 0.29) is 23.3 Å². The molecule has 0 radical (unpaired) electrons. The molecule has 0 saturated carbocycles. The van der Waals surface area contributed by atoms with Gasteiger partial charge in [0.1, 0.15) is 0 Å². The number of aromatic nitrogens is 1. The lowest BCUT2D eigenvalue weighted by molar-refractivity contribution is -0.119. The number of carbonyl (C=O) groups is 1. The molecule has 0 aliphatic rings. The molecule has 2 aromatic carbocycles. The van der Waals surface area contributed by atoms with E-state index in [9.17, 15) is 13.2 Å². The molecule has 0 aliphatic heterocycles. The highest BCUT2D eigenvalue weighted by molar-refractivity contribution is 7.90. The summed E-state index contributed by atoms with van der Waals surface area (Å²) in [5.41, 5.74) is 1.51. The number of anilines is 1. The van der Waals surface area contributed by atoms with Gasteiger partial charge in [-0.2, -0.15) is 0 Å². The quantitative estimate of drug-likeness (QED) is 0.522. The maximum absolute atomic E-state index is 12.9. The lowest BCUT2D eigenvalue weighted by Crippen LogP contribution is -2.37. The van der Waals surface area contributed by atoms with Gasteiger partial charge in [-0.25, -0.2) is 13.4 Å². The summed E-state index contributed by atoms with van der Waals surface area (Å²) in [5, 5.41) is 0.641. The molecule has 1 heterocycles. The Bertz CT molecular complexity index is 1120. The fourth-order valence-electron chi connectivity index (χ4n) is 3.09. The number of nitrogens with zero attached hydrogens (tertiary/aromatic N) is 2. The predicted molar refractivity (Wildman–Crippen MR) is 117 cm³/mol. The van der Waals surface area contributed by atoms with E-state index in [0.29, 0.717) is 28.8 Å². The maximum Gasteiger partial charge on any atom is 0.227 e. The van der Waals surface area contributed by atoms with Crippen molar-refractivity contribution in [2.45, 2.75) is 37.6 Å². The van der Waals surface area contributed by atoms with Crippen molar-refractivity contribution in [3.05, 3.63) is 65.6 Å². The molecule has 0 fully saturated rings. The molecule has 1 amide bonds. The van der Waals surface area contributed by atoms with Gasteiger partial charge in [-0.3, -0.25) is 4.79 Å². The number of carbonyl (C=O) groups excluding carboxylic acids is 1. The standard InChI is InChI=1S/C22H23ClN2O4S/c1-15(2)25(18-8-10-19(11-9-18)30(3,27)28)22(26)13-12-21-24-14-20(29-21)16-4-6-17(23)7-5-16/h4-11,14-15H,12-13H2,1-3H3. The van der Waals surface area contributed by atoms with Gasteiger partial charge < -0.3 is 9.32 Å². The predicted octanol–water partition coefficient (Wildman–Crippen LogP) is 4.77. The molecule has 8 heteroatoms. The van der Waals surface area contributed by atoms with Crippen molar-refractivity contribution >= 4 is 33.0 Å². The molecular formula is C22H23ClN2O4S. The highest BCUT2D eigenvalue weighted by atomic mass is 35.5. The molecule has 30 heavy (non-hydrogen) atoms. The summed E-state index contributed by atoms with van der Waals surface area (Å²) in [5.74, 6) is 0.999. The SMILES string of the molecule is CC(C)N(C(=O)CCc1ncc(-c2ccc(Cl)cc2)o1)c1ccc(S(C)(=O)=O)cc1. The van der Waals surface area contributed by atoms with Gasteiger partial charge in [-0.1, -0.05) is 11.6 Å². The molecule has 0 aliphatic carbocycles. The number of rotatable bonds is 7. The van der Waals surface area contributed by atoms with Crippen LogP contribution in [0.4, 0.5) is 5.69 Å². The van der Waals surface area contributed by atoms with Crippen LogP contribution >= 0.6 is 11.6 Å². The van der Waals surface area contributed by atoms with Gasteiger partial charge in [-0.15, -0.1) is 0 Å². The number of oxazole rings is 1. The van der Waals surface area contributed by atoms with Gasteiger partial charge in [0.2, 0.25) is 5.91 Å². The first-order chi connectivity index (χ1) is 14.1. The van der Waals surface area contributed by atoms with E-state index in [2.05, 4.69) is 4.98 Å². The fraction of sp³-hybridized carbons (Fsp3) is 0.273. The van der Waals surface area contributed by atoms with E-state index in [1.807, 2.05) is 26.0 Å². The van der Waals surface area contributed by atoms with Gasteiger partial charge in [0, 0.05) is 41.4 Å². The molecule has 0 atom stereocenters. The summed E-state index contributed by atoms with van der Waals surface area (Å²) in [6, 6.07) is 13.5. The number of amides is 1. The first-order valence-corrected chi connectivity index (χ1v) is 11.7. The Kier molecular flexibility index (Phi) is 6.63. The third kappa shape index (κ3) is 5.29. The van der Waals surface area contributed by atoms with Gasteiger partial charge in [0.15, 0.2) is 21.5 Å². The summed E-state index contributed by atoms with van der Waals surface area (Å²) in [6.07, 6.45) is 3.36. The third-order valence-electron chi connectivity index (χ3n) is 4.56. The topological polar surface area (TPSA) is 80.5 Å². The molecule has 158 valence electrons. The van der Waals surface area contributed by atoms with Gasteiger partial charge >= 0.3 is 0 Å². The van der Waals surface area contributed by atoms with E-state index >= 15 is 0 Å². The Balaban J connectivity index is 1.69. The van der Waals surface area contributed by atoms with Crippen LogP contribution in [-0.2, 0) is 21.1 Å². The number of halogens is 1. The van der Waals surface area contributed by atoms with Crippen LogP contribution in [0.5, 0.6) is 0 Å². The molecule has 0 saturated heterocycles. The minimum Gasteiger partial charge on any atom is -0.441 e. The molecule has 0 unspecified atom stereocenters. The lowest BCUT2D eigenvalue weighted by Gasteiger charge is -2.27. The van der Waals surface area contributed by atoms with Crippen molar-refractivity contribution in [2.24, 2.45) is 0 Å². The molecule has 0 bridgehead atoms. The van der Waals surface area contributed by atoms with Crippen LogP contribution in [0.15, 0.2) is 64.0 Å². The number of aryl methyl sites for hydroxylation is 1. The van der Waals surface area contributed by atoms with Crippen LogP contribution in [0.3, 0.4) is 0 Å². The minimum atomic E-state index is -3.29. The highest BCUT2D eigenvalue weighted by Gasteiger charge is 2.20. The van der Waals surface area contributed by atoms with Gasteiger partial charge in [-0.05, 0) is 62.4 Å². The Morgan fingerprint density at radius 1 is 1.10 bits per heavy atom. The van der Waals surface area contributed by atoms with Crippen molar-refractivity contribution in [3.63, 3.8) is 0 Å². The lowest BCUT2D eigenvalue weighted by atomic mass is 10.2. The Morgan fingerprint density at radius 2 is 1.73 bits per heavy atom. The average molecular weight is 447 g/mol. The summed E-state index contributed by atoms with van der Waals surface area (Å²) in [4.78, 5) is 19.0. The van der Waals surface area contributed by atoms with E-state index < -0.39 is 9.84 Å². The van der Waals surface area contributed by atoms with Crippen LogP contribution in [-0.4, -0.2) is 31.6 Å². The normalized spacial score (nSPS) is 11.6. The summed E-state index contributed by atoms with van der Waals surface area (Å²) >= 11 is 5.91. The van der Waals surface area contributed by atoms with E-state index in [1.54, 1.807) is 35.4 Å². The number of hydrogen-bond acceptors (Lipinski definition) is 5. The molecule has 3 rings (SSSR count). The van der Waals surface area contributed by atoms with Crippen LogP contribution in [0.1, 0.15) is 26.2 Å². The zero-order valence-corrected chi connectivity index (χ0v) is 18.6. The Hall–Kier alpha value is -2.64. The monoisotopic (exact) mass is 446 g/mol. The van der Waals surface area contributed by atoms with E-state index in [1.165, 1.54) is 12.1 Å². The van der Waals surface area contributed by atoms with Crippen molar-refractivity contribution in [2.75, 3.05) is 11.2 Å². The fourth-order valence-corrected chi connectivity index (χ4v) is 3.85. The Morgan fingerprint density at radius 3 is 2.30 bits per heavy atom. The first kappa shape index (κ1) is 22.1. The largest absolute Gasteiger partial charge is 0.441 e. The summed E-state index contributed by atoms with van der Waals surface area (Å²) < 4.78 is 29.1. The number of hydrogen-bond donors (Lipinski definition) is 0. The zero-order valence-electron chi connectivity index (χ0n) is 17.0. The van der Waals surface area contributed by atoms with E-state index in [4.69, 9.17) is 16.0 Å². The molecule has 0 spiro atoms. The Labute approximate surface area is 181 Å². The van der Waals surface area contributed by atoms with Crippen molar-refractivity contribution in [1.29, 1.82) is 0 Å². The molecule has 1 aromatic heterocycles. The second-order valence-corrected chi connectivity index (χ2v) is 9.70. The van der Waals surface area contributed by atoms with Crippen LogP contribution in [0.2, 0.25) is 5.02 Å². The van der Waals surface area contributed by atoms with Gasteiger partial charge in [0.05, 0.1) is 11.1 Å². The summed E-state index contributed by atoms with van der Waals surface area (Å²) in [6.45, 7) is 3.82. The smallest absolute Gasteiger partial charge is 0.227 e. The summed E-state index contributed by atoms with van der Waals surface area (Å²) in [7, 11) is -3.29. The van der Waals surface area contributed by atoms with Crippen molar-refractivity contribution in [1.82, 2.24) is 4.98 Å². The molecule has 0 N–H and O–H groups in total. The number of sulfone groups is 1. The van der Waals surface area contributed by atoms with Crippen LogP contribution < -0.4 is 4.90 Å². The number of benzene rings is 2. The second kappa shape index (κ2) is 9.02. The minimum absolute atomic E-state index is 0.0872. The maximum atomic E-state index is 12.9. The second-order valence-electron chi connectivity index (χ2n) is 7.25. The van der Waals surface area contributed by atoms with Crippen molar-refractivity contribution in [3.8, 4) is 11.3 Å². The average Bonchev–Trinajstić information content (AvgIpc) is 3.15. The zero-order chi connectivity index (χ0) is 21.9. The van der Waals surface area contributed by atoms with Gasteiger partial charge in [0.25, 0.3) is 0 Å². The molecule has 6 nitrogen and oxygen atoms in total. The van der Waals surface area contributed by atoms with Crippen LogP contribution in [0.25, 0.3) is 11.3 Å².